The first-order valence-corrected chi connectivity index (χ1v) is 9.40. The molecule has 1 heterocycles. The number of nitrogens with zero attached hydrogens (tertiary/aromatic N) is 2. The van der Waals surface area contributed by atoms with Crippen molar-refractivity contribution < 1.29 is 0 Å². The van der Waals surface area contributed by atoms with Gasteiger partial charge in [-0.3, -0.25) is 4.99 Å². The molecule has 0 saturated carbocycles. The molecular formula is C19H28N4S. The van der Waals surface area contributed by atoms with Crippen LogP contribution < -0.4 is 10.6 Å². The largest absolute Gasteiger partial charge is 0.356 e. The highest BCUT2D eigenvalue weighted by atomic mass is 32.1. The summed E-state index contributed by atoms with van der Waals surface area (Å²) in [5.41, 5.74) is 5.77. The maximum atomic E-state index is 4.27. The van der Waals surface area contributed by atoms with Crippen LogP contribution in [0.15, 0.2) is 34.8 Å². The molecule has 0 fully saturated rings. The second-order valence-corrected chi connectivity index (χ2v) is 7.15. The standard InChI is InChI=1S/C19H28N4S/c1-14(2)17-9-7-16(8-10-17)6-5-11-21-19(20-4)22-12-18-15(3)23-13-24-18/h7-10,13-14H,5-6,11-12H2,1-4H3,(H2,20,21,22). The van der Waals surface area contributed by atoms with Crippen molar-refractivity contribution in [3.05, 3.63) is 51.5 Å². The fourth-order valence-electron chi connectivity index (χ4n) is 2.45. The second-order valence-electron chi connectivity index (χ2n) is 6.21. The fraction of sp³-hybridized carbons (Fsp3) is 0.474. The molecule has 0 aliphatic carbocycles. The Hall–Kier alpha value is -1.88. The normalized spacial score (nSPS) is 11.8. The van der Waals surface area contributed by atoms with Crippen molar-refractivity contribution in [3.63, 3.8) is 0 Å². The highest BCUT2D eigenvalue weighted by Gasteiger charge is 2.03. The van der Waals surface area contributed by atoms with Crippen LogP contribution in [0.1, 0.15) is 47.9 Å². The lowest BCUT2D eigenvalue weighted by Crippen LogP contribution is -2.37. The smallest absolute Gasteiger partial charge is 0.191 e. The SMILES string of the molecule is CN=C(NCCCc1ccc(C(C)C)cc1)NCc1scnc1C. The van der Waals surface area contributed by atoms with Gasteiger partial charge in [0.25, 0.3) is 0 Å². The summed E-state index contributed by atoms with van der Waals surface area (Å²) in [6.07, 6.45) is 2.16. The summed E-state index contributed by atoms with van der Waals surface area (Å²) < 4.78 is 0. The predicted molar refractivity (Wildman–Crippen MR) is 104 cm³/mol. The van der Waals surface area contributed by atoms with Crippen LogP contribution in [0.4, 0.5) is 0 Å². The number of aromatic nitrogens is 1. The molecule has 0 amide bonds. The van der Waals surface area contributed by atoms with Gasteiger partial charge < -0.3 is 10.6 Å². The minimum absolute atomic E-state index is 0.595. The van der Waals surface area contributed by atoms with Crippen LogP contribution in [-0.2, 0) is 13.0 Å². The minimum atomic E-state index is 0.595. The Kier molecular flexibility index (Phi) is 7.25. The van der Waals surface area contributed by atoms with Gasteiger partial charge in [-0.05, 0) is 36.8 Å². The number of guanidine groups is 1. The van der Waals surface area contributed by atoms with Crippen molar-refractivity contribution >= 4 is 17.3 Å². The number of aryl methyl sites for hydroxylation is 2. The van der Waals surface area contributed by atoms with E-state index in [2.05, 4.69) is 58.7 Å². The van der Waals surface area contributed by atoms with Gasteiger partial charge in [-0.2, -0.15) is 0 Å². The predicted octanol–water partition coefficient (Wildman–Crippen LogP) is 3.87. The van der Waals surface area contributed by atoms with Crippen molar-refractivity contribution in [1.82, 2.24) is 15.6 Å². The lowest BCUT2D eigenvalue weighted by molar-refractivity contribution is 0.742. The molecular weight excluding hydrogens is 316 g/mol. The Labute approximate surface area is 149 Å². The molecule has 0 saturated heterocycles. The van der Waals surface area contributed by atoms with Crippen LogP contribution in [-0.4, -0.2) is 24.5 Å². The van der Waals surface area contributed by atoms with Crippen molar-refractivity contribution in [1.29, 1.82) is 0 Å². The third-order valence-corrected chi connectivity index (χ3v) is 5.00. The van der Waals surface area contributed by atoms with Crippen molar-refractivity contribution in [2.45, 2.75) is 46.1 Å². The highest BCUT2D eigenvalue weighted by Crippen LogP contribution is 2.15. The van der Waals surface area contributed by atoms with Crippen LogP contribution in [0.3, 0.4) is 0 Å². The number of benzene rings is 1. The average Bonchev–Trinajstić information content (AvgIpc) is 2.99. The first-order valence-electron chi connectivity index (χ1n) is 8.52. The number of aliphatic imine (C=N–C) groups is 1. The number of rotatable bonds is 7. The van der Waals surface area contributed by atoms with Crippen molar-refractivity contribution in [2.75, 3.05) is 13.6 Å². The monoisotopic (exact) mass is 344 g/mol. The molecule has 2 rings (SSSR count). The summed E-state index contributed by atoms with van der Waals surface area (Å²) in [4.78, 5) is 9.79. The molecule has 0 bridgehead atoms. The first kappa shape index (κ1) is 18.5. The summed E-state index contributed by atoms with van der Waals surface area (Å²) in [5.74, 6) is 1.44. The van der Waals surface area contributed by atoms with E-state index in [9.17, 15) is 0 Å². The van der Waals surface area contributed by atoms with Gasteiger partial charge in [0.1, 0.15) is 0 Å². The summed E-state index contributed by atoms with van der Waals surface area (Å²) in [7, 11) is 1.81. The van der Waals surface area contributed by atoms with Gasteiger partial charge in [0, 0.05) is 18.5 Å². The molecule has 2 N–H and O–H groups in total. The molecule has 4 nitrogen and oxygen atoms in total. The Morgan fingerprint density at radius 3 is 2.54 bits per heavy atom. The molecule has 0 unspecified atom stereocenters. The molecule has 0 aliphatic rings. The second kappa shape index (κ2) is 9.42. The topological polar surface area (TPSA) is 49.3 Å². The first-order chi connectivity index (χ1) is 11.6. The third kappa shape index (κ3) is 5.64. The van der Waals surface area contributed by atoms with Crippen molar-refractivity contribution in [2.24, 2.45) is 4.99 Å². The van der Waals surface area contributed by atoms with E-state index in [-0.39, 0.29) is 0 Å². The number of hydrogen-bond donors (Lipinski definition) is 2. The lowest BCUT2D eigenvalue weighted by Gasteiger charge is -2.11. The van der Waals surface area contributed by atoms with E-state index >= 15 is 0 Å². The molecule has 24 heavy (non-hydrogen) atoms. The zero-order chi connectivity index (χ0) is 17.4. The summed E-state index contributed by atoms with van der Waals surface area (Å²) >= 11 is 1.67. The zero-order valence-corrected chi connectivity index (χ0v) is 15.9. The quantitative estimate of drug-likeness (QED) is 0.455. The van der Waals surface area contributed by atoms with E-state index in [1.54, 1.807) is 18.4 Å². The summed E-state index contributed by atoms with van der Waals surface area (Å²) in [6, 6.07) is 8.97. The Morgan fingerprint density at radius 2 is 1.96 bits per heavy atom. The van der Waals surface area contributed by atoms with Gasteiger partial charge in [0.15, 0.2) is 5.96 Å². The minimum Gasteiger partial charge on any atom is -0.356 e. The maximum Gasteiger partial charge on any atom is 0.191 e. The molecule has 1 aromatic carbocycles. The Bertz CT molecular complexity index is 644. The van der Waals surface area contributed by atoms with Gasteiger partial charge in [-0.1, -0.05) is 38.1 Å². The maximum absolute atomic E-state index is 4.27. The average molecular weight is 345 g/mol. The van der Waals surface area contributed by atoms with E-state index in [0.29, 0.717) is 5.92 Å². The molecule has 0 atom stereocenters. The number of nitrogens with one attached hydrogen (secondary N) is 2. The highest BCUT2D eigenvalue weighted by molar-refractivity contribution is 7.09. The molecule has 1 aromatic heterocycles. The molecule has 0 aliphatic heterocycles. The third-order valence-electron chi connectivity index (χ3n) is 4.07. The van der Waals surface area contributed by atoms with E-state index in [1.807, 2.05) is 12.4 Å². The zero-order valence-electron chi connectivity index (χ0n) is 15.1. The van der Waals surface area contributed by atoms with E-state index in [4.69, 9.17) is 0 Å². The van der Waals surface area contributed by atoms with E-state index < -0.39 is 0 Å². The van der Waals surface area contributed by atoms with Crippen molar-refractivity contribution in [3.8, 4) is 0 Å². The van der Waals surface area contributed by atoms with Gasteiger partial charge >= 0.3 is 0 Å². The number of thiazole rings is 1. The van der Waals surface area contributed by atoms with Crippen LogP contribution in [0.2, 0.25) is 0 Å². The molecule has 0 spiro atoms. The van der Waals surface area contributed by atoms with Gasteiger partial charge in [0.2, 0.25) is 0 Å². The Morgan fingerprint density at radius 1 is 1.21 bits per heavy atom. The summed E-state index contributed by atoms with van der Waals surface area (Å²) in [6.45, 7) is 8.17. The van der Waals surface area contributed by atoms with Crippen LogP contribution in [0, 0.1) is 6.92 Å². The fourth-order valence-corrected chi connectivity index (χ4v) is 3.17. The van der Waals surface area contributed by atoms with Gasteiger partial charge in [0.05, 0.1) is 17.7 Å². The molecule has 130 valence electrons. The van der Waals surface area contributed by atoms with Crippen LogP contribution >= 0.6 is 11.3 Å². The molecule has 2 aromatic rings. The molecule has 0 radical (unpaired) electrons. The van der Waals surface area contributed by atoms with Gasteiger partial charge in [-0.25, -0.2) is 4.98 Å². The van der Waals surface area contributed by atoms with Gasteiger partial charge in [-0.15, -0.1) is 11.3 Å². The molecule has 5 heteroatoms. The number of hydrogen-bond acceptors (Lipinski definition) is 3. The van der Waals surface area contributed by atoms with Crippen LogP contribution in [0.5, 0.6) is 0 Å². The van der Waals surface area contributed by atoms with E-state index in [1.165, 1.54) is 16.0 Å². The van der Waals surface area contributed by atoms with Crippen LogP contribution in [0.25, 0.3) is 0 Å². The van der Waals surface area contributed by atoms with E-state index in [0.717, 1.165) is 37.6 Å². The lowest BCUT2D eigenvalue weighted by atomic mass is 10.0. The Balaban J connectivity index is 1.69. The summed E-state index contributed by atoms with van der Waals surface area (Å²) in [5, 5.41) is 6.71.